The summed E-state index contributed by atoms with van der Waals surface area (Å²) in [6.07, 6.45) is 3.82. The van der Waals surface area contributed by atoms with Crippen LogP contribution in [-0.2, 0) is 15.3 Å². The van der Waals surface area contributed by atoms with Crippen LogP contribution in [0.25, 0.3) is 5.57 Å². The SMILES string of the molecule is CCCCCN1C(=O)C(SCc2ccccc2)=C(c2ccc(OCCC)cc2)C1=O. The molecule has 0 saturated carbocycles. The van der Waals surface area contributed by atoms with Gasteiger partial charge in [0.05, 0.1) is 17.1 Å². The molecule has 0 radical (unpaired) electrons. The summed E-state index contributed by atoms with van der Waals surface area (Å²) in [5.41, 5.74) is 2.41. The number of nitrogens with zero attached hydrogens (tertiary/aromatic N) is 1. The van der Waals surface area contributed by atoms with Gasteiger partial charge in [0.25, 0.3) is 11.8 Å². The van der Waals surface area contributed by atoms with Gasteiger partial charge >= 0.3 is 0 Å². The fourth-order valence-electron chi connectivity index (χ4n) is 3.33. The highest BCUT2D eigenvalue weighted by Gasteiger charge is 2.38. The first-order valence-electron chi connectivity index (χ1n) is 10.7. The van der Waals surface area contributed by atoms with Crippen LogP contribution in [0.5, 0.6) is 5.75 Å². The van der Waals surface area contributed by atoms with Crippen molar-refractivity contribution in [1.82, 2.24) is 4.90 Å². The third kappa shape index (κ3) is 5.33. The lowest BCUT2D eigenvalue weighted by Crippen LogP contribution is -2.32. The monoisotopic (exact) mass is 423 g/mol. The lowest BCUT2D eigenvalue weighted by Gasteiger charge is -2.14. The van der Waals surface area contributed by atoms with Crippen LogP contribution in [0.3, 0.4) is 0 Å². The molecular formula is C25H29NO3S. The third-order valence-corrected chi connectivity index (χ3v) is 6.10. The van der Waals surface area contributed by atoms with Crippen molar-refractivity contribution in [3.63, 3.8) is 0 Å². The minimum absolute atomic E-state index is 0.168. The van der Waals surface area contributed by atoms with Crippen LogP contribution in [0, 0.1) is 0 Å². The van der Waals surface area contributed by atoms with E-state index in [-0.39, 0.29) is 11.8 Å². The molecule has 0 atom stereocenters. The minimum atomic E-state index is -0.186. The van der Waals surface area contributed by atoms with Gasteiger partial charge in [0.2, 0.25) is 0 Å². The van der Waals surface area contributed by atoms with Gasteiger partial charge in [-0.2, -0.15) is 0 Å². The van der Waals surface area contributed by atoms with Crippen molar-refractivity contribution < 1.29 is 14.3 Å². The van der Waals surface area contributed by atoms with E-state index in [4.69, 9.17) is 4.74 Å². The van der Waals surface area contributed by atoms with Crippen molar-refractivity contribution in [2.24, 2.45) is 0 Å². The van der Waals surface area contributed by atoms with E-state index < -0.39 is 0 Å². The molecule has 0 aromatic heterocycles. The Balaban J connectivity index is 1.86. The van der Waals surface area contributed by atoms with Crippen molar-refractivity contribution in [3.8, 4) is 5.75 Å². The molecular weight excluding hydrogens is 394 g/mol. The Labute approximate surface area is 183 Å². The highest BCUT2D eigenvalue weighted by molar-refractivity contribution is 8.03. The predicted molar refractivity (Wildman–Crippen MR) is 123 cm³/mol. The molecule has 30 heavy (non-hydrogen) atoms. The van der Waals surface area contributed by atoms with Crippen molar-refractivity contribution >= 4 is 29.1 Å². The molecule has 158 valence electrons. The number of thioether (sulfide) groups is 1. The second-order valence-corrected chi connectivity index (χ2v) is 8.31. The summed E-state index contributed by atoms with van der Waals surface area (Å²) in [7, 11) is 0. The van der Waals surface area contributed by atoms with Gasteiger partial charge in [-0.25, -0.2) is 0 Å². The molecule has 4 nitrogen and oxygen atoms in total. The minimum Gasteiger partial charge on any atom is -0.494 e. The molecule has 0 unspecified atom stereocenters. The van der Waals surface area contributed by atoms with Crippen molar-refractivity contribution in [3.05, 3.63) is 70.6 Å². The van der Waals surface area contributed by atoms with Gasteiger partial charge in [0.15, 0.2) is 0 Å². The normalized spacial score (nSPS) is 14.0. The molecule has 0 spiro atoms. The van der Waals surface area contributed by atoms with E-state index in [0.29, 0.717) is 29.4 Å². The predicted octanol–water partition coefficient (Wildman–Crippen LogP) is 5.68. The highest BCUT2D eigenvalue weighted by Crippen LogP contribution is 2.38. The smallest absolute Gasteiger partial charge is 0.267 e. The molecule has 0 saturated heterocycles. The summed E-state index contributed by atoms with van der Waals surface area (Å²) in [5, 5.41) is 0. The van der Waals surface area contributed by atoms with Crippen LogP contribution < -0.4 is 4.74 Å². The van der Waals surface area contributed by atoms with Gasteiger partial charge in [-0.05, 0) is 36.1 Å². The Bertz CT molecular complexity index is 890. The second-order valence-electron chi connectivity index (χ2n) is 7.32. The van der Waals surface area contributed by atoms with Crippen molar-refractivity contribution in [1.29, 1.82) is 0 Å². The number of carbonyl (C=O) groups excluding carboxylic acids is 2. The van der Waals surface area contributed by atoms with Crippen LogP contribution in [-0.4, -0.2) is 29.9 Å². The molecule has 1 aliphatic rings. The summed E-state index contributed by atoms with van der Waals surface area (Å²) in [5.74, 6) is 1.07. The van der Waals surface area contributed by atoms with Gasteiger partial charge in [-0.15, -0.1) is 11.8 Å². The van der Waals surface area contributed by atoms with Gasteiger partial charge < -0.3 is 4.74 Å². The second kappa shape index (κ2) is 11.0. The first-order valence-corrected chi connectivity index (χ1v) is 11.6. The first-order chi connectivity index (χ1) is 14.7. The Morgan fingerprint density at radius 1 is 0.867 bits per heavy atom. The molecule has 1 heterocycles. The van der Waals surface area contributed by atoms with E-state index in [1.807, 2.05) is 54.6 Å². The summed E-state index contributed by atoms with van der Waals surface area (Å²) in [6.45, 7) is 5.30. The maximum Gasteiger partial charge on any atom is 0.267 e. The van der Waals surface area contributed by atoms with Crippen molar-refractivity contribution in [2.45, 2.75) is 45.3 Å². The number of amides is 2. The number of unbranched alkanes of at least 4 members (excludes halogenated alkanes) is 2. The lowest BCUT2D eigenvalue weighted by atomic mass is 10.1. The Morgan fingerprint density at radius 3 is 2.27 bits per heavy atom. The zero-order valence-electron chi connectivity index (χ0n) is 17.7. The summed E-state index contributed by atoms with van der Waals surface area (Å²) in [4.78, 5) is 28.3. The average Bonchev–Trinajstić information content (AvgIpc) is 3.01. The quantitative estimate of drug-likeness (QED) is 0.345. The topological polar surface area (TPSA) is 46.6 Å². The fraction of sp³-hybridized carbons (Fsp3) is 0.360. The molecule has 0 bridgehead atoms. The average molecular weight is 424 g/mol. The molecule has 2 amide bonds. The molecule has 5 heteroatoms. The van der Waals surface area contributed by atoms with E-state index in [1.54, 1.807) is 0 Å². The van der Waals surface area contributed by atoms with Gasteiger partial charge in [-0.1, -0.05) is 69.2 Å². The van der Waals surface area contributed by atoms with E-state index in [2.05, 4.69) is 13.8 Å². The number of hydrogen-bond acceptors (Lipinski definition) is 4. The summed E-state index contributed by atoms with van der Waals surface area (Å²) in [6, 6.07) is 17.5. The third-order valence-electron chi connectivity index (χ3n) is 4.95. The summed E-state index contributed by atoms with van der Waals surface area (Å²) < 4.78 is 5.66. The molecule has 0 N–H and O–H groups in total. The standard InChI is InChI=1S/C25H29NO3S/c1-3-5-9-16-26-24(27)22(20-12-14-21(15-13-20)29-17-4-2)23(25(26)28)30-18-19-10-7-6-8-11-19/h6-8,10-15H,3-5,9,16-18H2,1-2H3. The fourth-order valence-corrected chi connectivity index (χ4v) is 4.42. The van der Waals surface area contributed by atoms with Crippen LogP contribution in [0.2, 0.25) is 0 Å². The largest absolute Gasteiger partial charge is 0.494 e. The zero-order chi connectivity index (χ0) is 21.3. The summed E-state index contributed by atoms with van der Waals surface area (Å²) >= 11 is 1.45. The Hall–Kier alpha value is -2.53. The number of benzene rings is 2. The highest BCUT2D eigenvalue weighted by atomic mass is 32.2. The number of hydrogen-bond donors (Lipinski definition) is 0. The van der Waals surface area contributed by atoms with Crippen LogP contribution in [0.15, 0.2) is 59.5 Å². The molecule has 3 rings (SSSR count). The van der Waals surface area contributed by atoms with Gasteiger partial charge in [-0.3, -0.25) is 14.5 Å². The molecule has 0 fully saturated rings. The number of rotatable bonds is 11. The Morgan fingerprint density at radius 2 is 1.60 bits per heavy atom. The van der Waals surface area contributed by atoms with Gasteiger partial charge in [0, 0.05) is 12.3 Å². The van der Waals surface area contributed by atoms with Crippen LogP contribution >= 0.6 is 11.8 Å². The Kier molecular flexibility index (Phi) is 8.14. The molecule has 1 aliphatic heterocycles. The number of carbonyl (C=O) groups is 2. The maximum atomic E-state index is 13.2. The lowest BCUT2D eigenvalue weighted by molar-refractivity contribution is -0.136. The van der Waals surface area contributed by atoms with Crippen molar-refractivity contribution in [2.75, 3.05) is 13.2 Å². The first kappa shape index (κ1) is 22.2. The van der Waals surface area contributed by atoms with E-state index in [1.165, 1.54) is 16.7 Å². The van der Waals surface area contributed by atoms with E-state index in [0.717, 1.165) is 42.6 Å². The molecule has 2 aromatic carbocycles. The van der Waals surface area contributed by atoms with E-state index >= 15 is 0 Å². The number of ether oxygens (including phenoxy) is 1. The van der Waals surface area contributed by atoms with E-state index in [9.17, 15) is 9.59 Å². The van der Waals surface area contributed by atoms with Crippen LogP contribution in [0.4, 0.5) is 0 Å². The van der Waals surface area contributed by atoms with Crippen LogP contribution in [0.1, 0.15) is 50.7 Å². The number of imide groups is 1. The zero-order valence-corrected chi connectivity index (χ0v) is 18.5. The molecule has 0 aliphatic carbocycles. The van der Waals surface area contributed by atoms with Gasteiger partial charge in [0.1, 0.15) is 5.75 Å². The maximum absolute atomic E-state index is 13.2. The molecule has 2 aromatic rings.